The molecule has 0 aliphatic rings. The van der Waals surface area contributed by atoms with Crippen LogP contribution in [0.25, 0.3) is 0 Å². The summed E-state index contributed by atoms with van der Waals surface area (Å²) >= 11 is 1.36. The number of nitrogens with zero attached hydrogens (tertiary/aromatic N) is 4. The number of aliphatic hydroxyl groups excluding tert-OH is 1. The van der Waals surface area contributed by atoms with Crippen molar-refractivity contribution in [2.45, 2.75) is 31.7 Å². The average Bonchev–Trinajstić information content (AvgIpc) is 3.05. The number of rotatable bonds is 9. The van der Waals surface area contributed by atoms with Gasteiger partial charge in [-0.3, -0.25) is 4.79 Å². The van der Waals surface area contributed by atoms with Crippen LogP contribution >= 0.6 is 11.8 Å². The minimum absolute atomic E-state index is 0.0510. The second-order valence-corrected chi connectivity index (χ2v) is 5.96. The normalized spacial score (nSPS) is 12.0. The summed E-state index contributed by atoms with van der Waals surface area (Å²) in [4.78, 5) is 11.4. The monoisotopic (exact) mass is 352 g/mol. The molecule has 1 aromatic carbocycles. The highest BCUT2D eigenvalue weighted by atomic mass is 32.2. The maximum atomic E-state index is 11.4. The van der Waals surface area contributed by atoms with Crippen LogP contribution in [0.15, 0.2) is 23.4 Å². The van der Waals surface area contributed by atoms with Gasteiger partial charge >= 0.3 is 0 Å². The van der Waals surface area contributed by atoms with Crippen LogP contribution in [0.5, 0.6) is 11.5 Å². The van der Waals surface area contributed by atoms with E-state index in [0.29, 0.717) is 34.5 Å². The fraction of sp³-hybridized carbons (Fsp3) is 0.467. The molecule has 0 saturated carbocycles. The summed E-state index contributed by atoms with van der Waals surface area (Å²) in [5.74, 6) is 1.28. The lowest BCUT2D eigenvalue weighted by Crippen LogP contribution is -2.20. The van der Waals surface area contributed by atoms with Crippen LogP contribution < -0.4 is 9.47 Å². The van der Waals surface area contributed by atoms with Gasteiger partial charge in [-0.1, -0.05) is 11.8 Å². The average molecular weight is 352 g/mol. The van der Waals surface area contributed by atoms with E-state index < -0.39 is 6.10 Å². The predicted molar refractivity (Wildman–Crippen MR) is 88.7 cm³/mol. The molecule has 0 saturated heterocycles. The van der Waals surface area contributed by atoms with Crippen LogP contribution in [0.3, 0.4) is 0 Å². The molecule has 0 fully saturated rings. The lowest BCUT2D eigenvalue weighted by atomic mass is 10.1. The van der Waals surface area contributed by atoms with E-state index in [-0.39, 0.29) is 12.4 Å². The second kappa shape index (κ2) is 8.65. The van der Waals surface area contributed by atoms with Crippen molar-refractivity contribution in [3.8, 4) is 11.5 Å². The largest absolute Gasteiger partial charge is 0.493 e. The van der Waals surface area contributed by atoms with Gasteiger partial charge in [0.25, 0.3) is 0 Å². The number of methoxy groups -OCH3 is 1. The molecule has 0 radical (unpaired) electrons. The van der Waals surface area contributed by atoms with E-state index in [9.17, 15) is 9.90 Å². The van der Waals surface area contributed by atoms with Gasteiger partial charge in [0, 0.05) is 17.9 Å². The van der Waals surface area contributed by atoms with Gasteiger partial charge in [-0.2, -0.15) is 0 Å². The maximum Gasteiger partial charge on any atom is 0.209 e. The number of carbonyl (C=O) groups excluding carboxylic acids is 1. The molecule has 1 N–H and O–H groups in total. The molecule has 9 heteroatoms. The first-order valence-electron chi connectivity index (χ1n) is 7.44. The molecule has 1 heterocycles. The Balaban J connectivity index is 1.89. The Bertz CT molecular complexity index is 692. The first-order chi connectivity index (χ1) is 11.5. The number of ketones is 1. The molecule has 1 unspecified atom stereocenters. The molecule has 0 amide bonds. The Kier molecular flexibility index (Phi) is 6.56. The third-order valence-electron chi connectivity index (χ3n) is 3.20. The Morgan fingerprint density at radius 1 is 1.42 bits per heavy atom. The van der Waals surface area contributed by atoms with Gasteiger partial charge in [-0.05, 0) is 42.5 Å². The first-order valence-corrected chi connectivity index (χ1v) is 8.42. The van der Waals surface area contributed by atoms with E-state index in [1.807, 2.05) is 6.92 Å². The Morgan fingerprint density at radius 2 is 2.21 bits per heavy atom. The molecular weight excluding hydrogens is 332 g/mol. The van der Waals surface area contributed by atoms with Crippen LogP contribution in [0, 0.1) is 0 Å². The quantitative estimate of drug-likeness (QED) is 0.534. The topological polar surface area (TPSA) is 99.4 Å². The molecule has 2 aromatic rings. The van der Waals surface area contributed by atoms with Gasteiger partial charge in [0.05, 0.1) is 13.2 Å². The summed E-state index contributed by atoms with van der Waals surface area (Å²) in [6.07, 6.45) is -0.700. The number of carbonyl (C=O) groups is 1. The van der Waals surface area contributed by atoms with Crippen molar-refractivity contribution in [3.05, 3.63) is 23.8 Å². The van der Waals surface area contributed by atoms with Crippen LogP contribution in [0.2, 0.25) is 0 Å². The molecule has 1 aromatic heterocycles. The van der Waals surface area contributed by atoms with Crippen molar-refractivity contribution in [1.82, 2.24) is 20.2 Å². The zero-order chi connectivity index (χ0) is 17.5. The molecule has 130 valence electrons. The number of aliphatic hydroxyl groups is 1. The molecule has 1 atom stereocenters. The third-order valence-corrected chi connectivity index (χ3v) is 4.31. The van der Waals surface area contributed by atoms with Crippen molar-refractivity contribution in [3.63, 3.8) is 0 Å². The van der Waals surface area contributed by atoms with Gasteiger partial charge in [-0.15, -0.1) is 5.10 Å². The smallest absolute Gasteiger partial charge is 0.209 e. The first kappa shape index (κ1) is 18.2. The van der Waals surface area contributed by atoms with Crippen molar-refractivity contribution < 1.29 is 19.4 Å². The lowest BCUT2D eigenvalue weighted by molar-refractivity contribution is 0.101. The van der Waals surface area contributed by atoms with E-state index in [1.165, 1.54) is 25.8 Å². The number of hydrogen-bond acceptors (Lipinski definition) is 8. The van der Waals surface area contributed by atoms with Gasteiger partial charge in [-0.25, -0.2) is 4.68 Å². The van der Waals surface area contributed by atoms with Crippen molar-refractivity contribution in [2.24, 2.45) is 0 Å². The van der Waals surface area contributed by atoms with E-state index >= 15 is 0 Å². The summed E-state index contributed by atoms with van der Waals surface area (Å²) in [6, 6.07) is 4.94. The number of Topliss-reactive ketones (excluding diaryl/α,β-unsaturated/α-hetero) is 1. The number of aromatic nitrogens is 4. The molecule has 2 rings (SSSR count). The Morgan fingerprint density at radius 3 is 2.88 bits per heavy atom. The summed E-state index contributed by atoms with van der Waals surface area (Å²) in [5, 5.41) is 22.0. The molecule has 0 bridgehead atoms. The SMILES string of the molecule is CCn1nnnc1SCC(O)COc1ccc(C(C)=O)cc1OC. The number of hydrogen-bond donors (Lipinski definition) is 1. The van der Waals surface area contributed by atoms with E-state index in [2.05, 4.69) is 15.5 Å². The highest BCUT2D eigenvalue weighted by Crippen LogP contribution is 2.28. The minimum atomic E-state index is -0.700. The zero-order valence-electron chi connectivity index (χ0n) is 13.8. The zero-order valence-corrected chi connectivity index (χ0v) is 14.6. The number of tetrazole rings is 1. The van der Waals surface area contributed by atoms with Crippen molar-refractivity contribution in [1.29, 1.82) is 0 Å². The van der Waals surface area contributed by atoms with Crippen LogP contribution in [-0.4, -0.2) is 56.7 Å². The number of ether oxygens (including phenoxy) is 2. The van der Waals surface area contributed by atoms with Crippen LogP contribution in [0.1, 0.15) is 24.2 Å². The molecule has 8 nitrogen and oxygen atoms in total. The number of aryl methyl sites for hydroxylation is 1. The summed E-state index contributed by atoms with van der Waals surface area (Å²) in [7, 11) is 1.50. The van der Waals surface area contributed by atoms with E-state index in [4.69, 9.17) is 9.47 Å². The lowest BCUT2D eigenvalue weighted by Gasteiger charge is -2.14. The second-order valence-electron chi connectivity index (χ2n) is 4.97. The standard InChI is InChI=1S/C15H20N4O4S/c1-4-19-15(16-17-18-19)24-9-12(21)8-23-13-6-5-11(10(2)20)7-14(13)22-3/h5-7,12,21H,4,8-9H2,1-3H3. The maximum absolute atomic E-state index is 11.4. The minimum Gasteiger partial charge on any atom is -0.493 e. The fourth-order valence-electron chi connectivity index (χ4n) is 1.91. The van der Waals surface area contributed by atoms with Crippen LogP contribution in [0.4, 0.5) is 0 Å². The highest BCUT2D eigenvalue weighted by Gasteiger charge is 2.13. The Labute approximate surface area is 144 Å². The third kappa shape index (κ3) is 4.68. The number of thioether (sulfide) groups is 1. The van der Waals surface area contributed by atoms with Gasteiger partial charge in [0.15, 0.2) is 17.3 Å². The molecule has 24 heavy (non-hydrogen) atoms. The van der Waals surface area contributed by atoms with Gasteiger partial charge in [0.2, 0.25) is 5.16 Å². The van der Waals surface area contributed by atoms with Gasteiger partial charge in [0.1, 0.15) is 6.61 Å². The van der Waals surface area contributed by atoms with E-state index in [1.54, 1.807) is 22.9 Å². The van der Waals surface area contributed by atoms with Crippen molar-refractivity contribution >= 4 is 17.5 Å². The molecule has 0 aliphatic carbocycles. The fourth-order valence-corrected chi connectivity index (χ4v) is 2.76. The van der Waals surface area contributed by atoms with Gasteiger partial charge < -0.3 is 14.6 Å². The summed E-state index contributed by atoms with van der Waals surface area (Å²) < 4.78 is 12.5. The molecular formula is C15H20N4O4S. The molecule has 0 spiro atoms. The summed E-state index contributed by atoms with van der Waals surface area (Å²) in [5.41, 5.74) is 0.543. The molecule has 0 aliphatic heterocycles. The Hall–Kier alpha value is -2.13. The number of benzene rings is 1. The predicted octanol–water partition coefficient (Wildman–Crippen LogP) is 1.44. The van der Waals surface area contributed by atoms with Crippen molar-refractivity contribution in [2.75, 3.05) is 19.5 Å². The summed E-state index contributed by atoms with van der Waals surface area (Å²) in [6.45, 7) is 4.19. The van der Waals surface area contributed by atoms with E-state index in [0.717, 1.165) is 0 Å². The van der Waals surface area contributed by atoms with Crippen LogP contribution in [-0.2, 0) is 6.54 Å². The highest BCUT2D eigenvalue weighted by molar-refractivity contribution is 7.99.